The number of hydrogen-bond acceptors (Lipinski definition) is 7. The predicted molar refractivity (Wildman–Crippen MR) is 113 cm³/mol. The summed E-state index contributed by atoms with van der Waals surface area (Å²) in [6, 6.07) is 3.93. The molecule has 2 aromatic rings. The summed E-state index contributed by atoms with van der Waals surface area (Å²) in [5.74, 6) is -1.13. The highest BCUT2D eigenvalue weighted by atomic mass is 32.2. The third kappa shape index (κ3) is 3.49. The van der Waals surface area contributed by atoms with Gasteiger partial charge in [-0.15, -0.1) is 0 Å². The number of aromatic carboxylic acids is 1. The predicted octanol–water partition coefficient (Wildman–Crippen LogP) is 2.39. The molecule has 0 radical (unpaired) electrons. The van der Waals surface area contributed by atoms with Gasteiger partial charge in [0.15, 0.2) is 9.84 Å². The molecule has 1 aromatic carbocycles. The molecule has 4 rings (SSSR count). The lowest BCUT2D eigenvalue weighted by Gasteiger charge is -2.29. The Labute approximate surface area is 179 Å². The topological polar surface area (TPSA) is 138 Å². The quantitative estimate of drug-likeness (QED) is 0.486. The van der Waals surface area contributed by atoms with Crippen LogP contribution in [0.25, 0.3) is 11.3 Å². The van der Waals surface area contributed by atoms with Crippen molar-refractivity contribution in [1.82, 2.24) is 4.57 Å². The maximum atomic E-state index is 13.3. The van der Waals surface area contributed by atoms with Crippen LogP contribution in [0.1, 0.15) is 53.4 Å². The van der Waals surface area contributed by atoms with Crippen LogP contribution in [0.15, 0.2) is 27.9 Å². The molecule has 0 saturated heterocycles. The molecule has 10 heteroatoms. The van der Waals surface area contributed by atoms with E-state index in [1.165, 1.54) is 29.7 Å². The molecule has 9 nitrogen and oxygen atoms in total. The van der Waals surface area contributed by atoms with Gasteiger partial charge in [-0.1, -0.05) is 0 Å². The Hall–Kier alpha value is -2.85. The number of rotatable bonds is 7. The highest BCUT2D eigenvalue weighted by Crippen LogP contribution is 2.49. The van der Waals surface area contributed by atoms with Gasteiger partial charge in [0.1, 0.15) is 11.3 Å². The van der Waals surface area contributed by atoms with Crippen LogP contribution in [0.5, 0.6) is 5.75 Å². The van der Waals surface area contributed by atoms with Gasteiger partial charge in [-0.3, -0.25) is 4.79 Å². The molecular formula is C21H24N2O7S. The summed E-state index contributed by atoms with van der Waals surface area (Å²) in [6.45, 7) is 2.30. The van der Waals surface area contributed by atoms with E-state index in [-0.39, 0.29) is 22.4 Å². The number of ether oxygens (including phenoxy) is 2. The molecule has 2 heterocycles. The summed E-state index contributed by atoms with van der Waals surface area (Å²) in [4.78, 5) is 24.6. The third-order valence-corrected chi connectivity index (χ3v) is 7.87. The number of hydrogen-bond donors (Lipinski definition) is 2. The molecule has 0 bridgehead atoms. The highest BCUT2D eigenvalue weighted by Gasteiger charge is 2.41. The molecule has 1 aliphatic heterocycles. The maximum absolute atomic E-state index is 13.3. The van der Waals surface area contributed by atoms with Gasteiger partial charge in [-0.25, -0.2) is 13.2 Å². The van der Waals surface area contributed by atoms with Crippen LogP contribution in [-0.2, 0) is 14.6 Å². The molecule has 1 unspecified atom stereocenters. The molecule has 31 heavy (non-hydrogen) atoms. The van der Waals surface area contributed by atoms with E-state index in [0.717, 1.165) is 12.8 Å². The van der Waals surface area contributed by atoms with Crippen molar-refractivity contribution in [3.8, 4) is 17.0 Å². The number of sulfone groups is 1. The first-order chi connectivity index (χ1) is 14.7. The van der Waals surface area contributed by atoms with E-state index in [4.69, 9.17) is 15.2 Å². The second-order valence-electron chi connectivity index (χ2n) is 7.84. The fourth-order valence-corrected chi connectivity index (χ4v) is 5.58. The van der Waals surface area contributed by atoms with E-state index in [2.05, 4.69) is 0 Å². The summed E-state index contributed by atoms with van der Waals surface area (Å²) in [5.41, 5.74) is 6.36. The molecule has 1 fully saturated rings. The number of carboxylic acid groups (broad SMARTS) is 1. The van der Waals surface area contributed by atoms with Crippen LogP contribution < -0.4 is 16.0 Å². The van der Waals surface area contributed by atoms with Gasteiger partial charge in [-0.05, 0) is 37.5 Å². The fourth-order valence-electron chi connectivity index (χ4n) is 3.95. The molecule has 1 aliphatic carbocycles. The van der Waals surface area contributed by atoms with Gasteiger partial charge in [0.25, 0.3) is 5.56 Å². The minimum atomic E-state index is -3.85. The van der Waals surface area contributed by atoms with Crippen LogP contribution in [0.4, 0.5) is 5.69 Å². The van der Waals surface area contributed by atoms with Crippen molar-refractivity contribution in [3.63, 3.8) is 0 Å². The minimum absolute atomic E-state index is 0.0281. The average molecular weight is 448 g/mol. The summed E-state index contributed by atoms with van der Waals surface area (Å²) in [5, 5.41) is 8.47. The maximum Gasteiger partial charge on any atom is 0.341 e. The fraction of sp³-hybridized carbons (Fsp3) is 0.429. The summed E-state index contributed by atoms with van der Waals surface area (Å²) >= 11 is 0. The molecule has 2 aliphatic rings. The van der Waals surface area contributed by atoms with Crippen molar-refractivity contribution < 1.29 is 27.8 Å². The van der Waals surface area contributed by atoms with Gasteiger partial charge in [0, 0.05) is 37.8 Å². The number of methoxy groups -OCH3 is 1. The highest BCUT2D eigenvalue weighted by molar-refractivity contribution is 7.92. The number of carbonyl (C=O) groups is 1. The molecule has 1 aromatic heterocycles. The second kappa shape index (κ2) is 7.69. The lowest BCUT2D eigenvalue weighted by atomic mass is 9.99. The lowest BCUT2D eigenvalue weighted by Crippen LogP contribution is -2.32. The van der Waals surface area contributed by atoms with Crippen molar-refractivity contribution in [2.24, 2.45) is 0 Å². The smallest absolute Gasteiger partial charge is 0.341 e. The molecular weight excluding hydrogens is 424 g/mol. The molecule has 1 atom stereocenters. The van der Waals surface area contributed by atoms with E-state index in [1.807, 2.05) is 0 Å². The Morgan fingerprint density at radius 2 is 1.97 bits per heavy atom. The normalized spacial score (nSPS) is 18.8. The molecule has 0 spiro atoms. The van der Waals surface area contributed by atoms with Crippen LogP contribution >= 0.6 is 0 Å². The second-order valence-corrected chi connectivity index (χ2v) is 10.1. The number of aromatic nitrogens is 1. The zero-order valence-corrected chi connectivity index (χ0v) is 18.1. The van der Waals surface area contributed by atoms with Crippen LogP contribution in [0, 0.1) is 0 Å². The number of nitrogen functional groups attached to an aromatic ring is 1. The zero-order chi connectivity index (χ0) is 22.5. The van der Waals surface area contributed by atoms with Crippen LogP contribution in [0.3, 0.4) is 0 Å². The van der Waals surface area contributed by atoms with Gasteiger partial charge < -0.3 is 24.9 Å². The van der Waals surface area contributed by atoms with Crippen molar-refractivity contribution in [1.29, 1.82) is 0 Å². The zero-order valence-electron chi connectivity index (χ0n) is 17.3. The monoisotopic (exact) mass is 448 g/mol. The number of nitrogens with two attached hydrogens (primary N) is 1. The first-order valence-corrected chi connectivity index (χ1v) is 11.5. The number of anilines is 1. The van der Waals surface area contributed by atoms with Crippen LogP contribution in [0.2, 0.25) is 0 Å². The Balaban J connectivity index is 1.95. The Morgan fingerprint density at radius 1 is 1.26 bits per heavy atom. The summed E-state index contributed by atoms with van der Waals surface area (Å²) in [6.07, 6.45) is 2.06. The van der Waals surface area contributed by atoms with E-state index in [1.54, 1.807) is 7.11 Å². The van der Waals surface area contributed by atoms with Crippen molar-refractivity contribution in [2.75, 3.05) is 26.1 Å². The van der Waals surface area contributed by atoms with Gasteiger partial charge in [0.05, 0.1) is 28.1 Å². The third-order valence-electron chi connectivity index (χ3n) is 5.73. The minimum Gasteiger partial charge on any atom is -0.491 e. The Bertz CT molecular complexity index is 1230. The molecule has 0 amide bonds. The van der Waals surface area contributed by atoms with Gasteiger partial charge >= 0.3 is 5.97 Å². The number of carboxylic acids is 1. The average Bonchev–Trinajstić information content (AvgIpc) is 3.54. The van der Waals surface area contributed by atoms with Gasteiger partial charge in [-0.2, -0.15) is 0 Å². The Morgan fingerprint density at radius 3 is 2.58 bits per heavy atom. The van der Waals surface area contributed by atoms with E-state index < -0.39 is 32.2 Å². The van der Waals surface area contributed by atoms with Gasteiger partial charge in [0.2, 0.25) is 0 Å². The number of nitrogens with zero attached hydrogens (tertiary/aromatic N) is 1. The first-order valence-electron chi connectivity index (χ1n) is 10.0. The number of benzene rings is 1. The molecule has 166 valence electrons. The molecule has 3 N–H and O–H groups in total. The SMILES string of the molecule is COCCCOc1cc2c(cc1N)-c1c(cc(C(=O)O)c(=O)n1C1CC1)C(C)S2(=O)=O. The van der Waals surface area contributed by atoms with E-state index in [0.29, 0.717) is 36.5 Å². The largest absolute Gasteiger partial charge is 0.491 e. The Kier molecular flexibility index (Phi) is 5.30. The van der Waals surface area contributed by atoms with Crippen molar-refractivity contribution in [3.05, 3.63) is 39.7 Å². The van der Waals surface area contributed by atoms with E-state index in [9.17, 15) is 23.1 Å². The van der Waals surface area contributed by atoms with Crippen LogP contribution in [-0.4, -0.2) is 44.4 Å². The first kappa shape index (κ1) is 21.4. The standard InChI is InChI=1S/C21H24N2O7S/c1-11-13-8-15(21(25)26)20(24)23(12-4-5-12)19(13)14-9-16(22)17(30-7-3-6-29-2)10-18(14)31(11,27)28/h8-12H,3-7,22H2,1-2H3,(H,25,26). The summed E-state index contributed by atoms with van der Waals surface area (Å²) < 4.78 is 38.7. The number of fused-ring (bicyclic) bond motifs is 3. The number of pyridine rings is 1. The van der Waals surface area contributed by atoms with Crippen molar-refractivity contribution in [2.45, 2.75) is 42.4 Å². The summed E-state index contributed by atoms with van der Waals surface area (Å²) in [7, 11) is -2.28. The molecule has 1 saturated carbocycles. The van der Waals surface area contributed by atoms with E-state index >= 15 is 0 Å². The van der Waals surface area contributed by atoms with Crippen molar-refractivity contribution >= 4 is 21.5 Å². The lowest BCUT2D eigenvalue weighted by molar-refractivity contribution is 0.0694.